The van der Waals surface area contributed by atoms with Crippen molar-refractivity contribution in [2.24, 2.45) is 17.8 Å². The molecule has 0 amide bonds. The van der Waals surface area contributed by atoms with E-state index in [1.165, 1.54) is 44.1 Å². The molecule has 0 spiro atoms. The van der Waals surface area contributed by atoms with Gasteiger partial charge in [-0.05, 0) is 96.6 Å². The predicted octanol–water partition coefficient (Wildman–Crippen LogP) is 5.29. The van der Waals surface area contributed by atoms with Crippen molar-refractivity contribution in [1.82, 2.24) is 0 Å². The molecule has 4 nitrogen and oxygen atoms in total. The highest BCUT2D eigenvalue weighted by Gasteiger charge is 2.52. The molecule has 31 heavy (non-hydrogen) atoms. The topological polar surface area (TPSA) is 66.8 Å². The highest BCUT2D eigenvalue weighted by atomic mass is 16.5. The molecule has 2 aromatic rings. The van der Waals surface area contributed by atoms with Crippen molar-refractivity contribution < 1.29 is 19.7 Å². The average molecular weight is 419 g/mol. The van der Waals surface area contributed by atoms with Gasteiger partial charge in [-0.3, -0.25) is 0 Å². The highest BCUT2D eigenvalue weighted by molar-refractivity contribution is 5.85. The van der Waals surface area contributed by atoms with Crippen molar-refractivity contribution in [3.05, 3.63) is 59.7 Å². The molecule has 0 aliphatic heterocycles. The number of carbonyl (C=O) groups is 1. The Balaban J connectivity index is 1.50. The van der Waals surface area contributed by atoms with Crippen LogP contribution in [-0.2, 0) is 10.2 Å². The van der Waals surface area contributed by atoms with E-state index in [1.807, 2.05) is 12.1 Å². The minimum Gasteiger partial charge on any atom is -0.491 e. The molecule has 0 heterocycles. The Morgan fingerprint density at radius 3 is 2.16 bits per heavy atom. The molecule has 4 saturated carbocycles. The standard InChI is InChI=1S/C27H30O4/c28-9-10-31-25-7-6-23(22-4-1-18(2-5-22)3-8-26(29)30)14-24(25)27-15-19-11-20(16-27)13-21(12-19)17-27/h1-8,14,19-21,28H,9-13,15-17H2,(H,29,30)/b8-3+. The molecule has 4 aliphatic rings. The lowest BCUT2D eigenvalue weighted by molar-refractivity contribution is -0.131. The molecule has 162 valence electrons. The summed E-state index contributed by atoms with van der Waals surface area (Å²) in [5.41, 5.74) is 4.69. The maximum atomic E-state index is 10.8. The third-order valence-electron chi connectivity index (χ3n) is 7.60. The van der Waals surface area contributed by atoms with Crippen LogP contribution >= 0.6 is 0 Å². The zero-order valence-corrected chi connectivity index (χ0v) is 17.8. The molecule has 4 bridgehead atoms. The van der Waals surface area contributed by atoms with Crippen LogP contribution in [0, 0.1) is 17.8 Å². The molecule has 0 atom stereocenters. The van der Waals surface area contributed by atoms with E-state index in [2.05, 4.69) is 30.3 Å². The molecule has 0 unspecified atom stereocenters. The maximum Gasteiger partial charge on any atom is 0.328 e. The maximum absolute atomic E-state index is 10.8. The van der Waals surface area contributed by atoms with Crippen LogP contribution in [0.2, 0.25) is 0 Å². The summed E-state index contributed by atoms with van der Waals surface area (Å²) < 4.78 is 6.03. The van der Waals surface area contributed by atoms with Gasteiger partial charge >= 0.3 is 5.97 Å². The Morgan fingerprint density at radius 1 is 0.968 bits per heavy atom. The number of rotatable bonds is 7. The van der Waals surface area contributed by atoms with Crippen LogP contribution in [0.3, 0.4) is 0 Å². The number of aliphatic hydroxyl groups excluding tert-OH is 1. The fraction of sp³-hybridized carbons (Fsp3) is 0.444. The lowest BCUT2D eigenvalue weighted by Gasteiger charge is -2.57. The molecule has 4 aliphatic carbocycles. The summed E-state index contributed by atoms with van der Waals surface area (Å²) >= 11 is 0. The van der Waals surface area contributed by atoms with Gasteiger partial charge in [-0.1, -0.05) is 30.3 Å². The Morgan fingerprint density at radius 2 is 1.58 bits per heavy atom. The van der Waals surface area contributed by atoms with Gasteiger partial charge in [0.25, 0.3) is 0 Å². The average Bonchev–Trinajstić information content (AvgIpc) is 2.75. The first-order valence-electron chi connectivity index (χ1n) is 11.4. The Bertz CT molecular complexity index is 954. The fourth-order valence-electron chi connectivity index (χ4n) is 6.80. The van der Waals surface area contributed by atoms with Gasteiger partial charge in [-0.15, -0.1) is 0 Å². The smallest absolute Gasteiger partial charge is 0.328 e. The molecular formula is C27H30O4. The molecule has 2 N–H and O–H groups in total. The summed E-state index contributed by atoms with van der Waals surface area (Å²) in [5, 5.41) is 18.1. The number of benzene rings is 2. The van der Waals surface area contributed by atoms with Gasteiger partial charge < -0.3 is 14.9 Å². The van der Waals surface area contributed by atoms with Gasteiger partial charge in [0.1, 0.15) is 12.4 Å². The van der Waals surface area contributed by atoms with E-state index in [0.717, 1.165) is 46.3 Å². The van der Waals surface area contributed by atoms with E-state index in [-0.39, 0.29) is 12.0 Å². The molecule has 4 heteroatoms. The number of ether oxygens (including phenoxy) is 1. The second-order valence-electron chi connectivity index (χ2n) is 9.77. The van der Waals surface area contributed by atoms with E-state index in [4.69, 9.17) is 9.84 Å². The zero-order valence-electron chi connectivity index (χ0n) is 17.8. The van der Waals surface area contributed by atoms with Gasteiger partial charge in [-0.25, -0.2) is 4.79 Å². The molecule has 0 radical (unpaired) electrons. The van der Waals surface area contributed by atoms with E-state index >= 15 is 0 Å². The number of carboxylic acids is 1. The largest absolute Gasteiger partial charge is 0.491 e. The molecule has 4 fully saturated rings. The molecule has 2 aromatic carbocycles. The number of carboxylic acid groups (broad SMARTS) is 1. The van der Waals surface area contributed by atoms with E-state index in [0.29, 0.717) is 6.61 Å². The monoisotopic (exact) mass is 418 g/mol. The summed E-state index contributed by atoms with van der Waals surface area (Å²) in [6.45, 7) is 0.344. The van der Waals surface area contributed by atoms with Crippen molar-refractivity contribution in [1.29, 1.82) is 0 Å². The minimum absolute atomic E-state index is 0.0212. The van der Waals surface area contributed by atoms with E-state index in [9.17, 15) is 9.90 Å². The van der Waals surface area contributed by atoms with Gasteiger partial charge in [0.05, 0.1) is 6.61 Å². The number of aliphatic hydroxyl groups is 1. The SMILES string of the molecule is O=C(O)/C=C/c1ccc(-c2ccc(OCCO)c(C34CC5CC(CC(C5)C3)C4)c2)cc1. The van der Waals surface area contributed by atoms with Crippen LogP contribution < -0.4 is 4.74 Å². The fourth-order valence-corrected chi connectivity index (χ4v) is 6.80. The Kier molecular flexibility index (Phi) is 5.35. The number of hydrogen-bond acceptors (Lipinski definition) is 3. The van der Waals surface area contributed by atoms with Crippen LogP contribution in [0.4, 0.5) is 0 Å². The summed E-state index contributed by atoms with van der Waals surface area (Å²) in [6.07, 6.45) is 10.8. The molecule has 6 rings (SSSR count). The number of aliphatic carboxylic acids is 1. The second kappa shape index (κ2) is 8.16. The third-order valence-corrected chi connectivity index (χ3v) is 7.60. The quantitative estimate of drug-likeness (QED) is 0.600. The lowest BCUT2D eigenvalue weighted by atomic mass is 9.48. The van der Waals surface area contributed by atoms with E-state index in [1.54, 1.807) is 6.08 Å². The molecule has 0 saturated heterocycles. The first-order valence-corrected chi connectivity index (χ1v) is 11.4. The second-order valence-corrected chi connectivity index (χ2v) is 9.77. The van der Waals surface area contributed by atoms with Crippen LogP contribution in [0.5, 0.6) is 5.75 Å². The third kappa shape index (κ3) is 4.01. The molecule has 0 aromatic heterocycles. The van der Waals surface area contributed by atoms with Gasteiger partial charge in [-0.2, -0.15) is 0 Å². The Hall–Kier alpha value is -2.59. The summed E-state index contributed by atoms with van der Waals surface area (Å²) in [6, 6.07) is 14.5. The van der Waals surface area contributed by atoms with Crippen molar-refractivity contribution >= 4 is 12.0 Å². The van der Waals surface area contributed by atoms with Crippen molar-refractivity contribution in [3.63, 3.8) is 0 Å². The predicted molar refractivity (Wildman–Crippen MR) is 121 cm³/mol. The van der Waals surface area contributed by atoms with Crippen LogP contribution in [0.25, 0.3) is 17.2 Å². The zero-order chi connectivity index (χ0) is 21.4. The number of hydrogen-bond donors (Lipinski definition) is 2. The highest BCUT2D eigenvalue weighted by Crippen LogP contribution is 2.62. The lowest BCUT2D eigenvalue weighted by Crippen LogP contribution is -2.48. The van der Waals surface area contributed by atoms with Crippen LogP contribution in [-0.4, -0.2) is 29.4 Å². The first-order chi connectivity index (χ1) is 15.0. The van der Waals surface area contributed by atoms with Crippen LogP contribution in [0.15, 0.2) is 48.5 Å². The molecular weight excluding hydrogens is 388 g/mol. The minimum atomic E-state index is -0.942. The van der Waals surface area contributed by atoms with Crippen molar-refractivity contribution in [3.8, 4) is 16.9 Å². The van der Waals surface area contributed by atoms with Crippen molar-refractivity contribution in [2.45, 2.75) is 43.9 Å². The summed E-state index contributed by atoms with van der Waals surface area (Å²) in [5.74, 6) is 2.53. The van der Waals surface area contributed by atoms with Crippen LogP contribution in [0.1, 0.15) is 49.7 Å². The Labute approximate surface area is 183 Å². The first kappa shape index (κ1) is 20.3. The van der Waals surface area contributed by atoms with Gasteiger partial charge in [0, 0.05) is 11.6 Å². The van der Waals surface area contributed by atoms with Gasteiger partial charge in [0.15, 0.2) is 0 Å². The van der Waals surface area contributed by atoms with Crippen molar-refractivity contribution in [2.75, 3.05) is 13.2 Å². The summed E-state index contributed by atoms with van der Waals surface area (Å²) in [4.78, 5) is 10.8. The van der Waals surface area contributed by atoms with Gasteiger partial charge in [0.2, 0.25) is 0 Å². The van der Waals surface area contributed by atoms with E-state index < -0.39 is 5.97 Å². The summed E-state index contributed by atoms with van der Waals surface area (Å²) in [7, 11) is 0. The normalized spacial score (nSPS) is 28.9.